The quantitative estimate of drug-likeness (QED) is 0.684. The number of Topliss-reactive ketones (excluding diaryl/α,β-unsaturated/α-hetero) is 1. The van der Waals surface area contributed by atoms with E-state index in [1.165, 1.54) is 12.0 Å². The van der Waals surface area contributed by atoms with Gasteiger partial charge < -0.3 is 0 Å². The molecule has 0 aromatic heterocycles. The molecule has 0 heterocycles. The first-order valence-corrected chi connectivity index (χ1v) is 6.75. The van der Waals surface area contributed by atoms with E-state index < -0.39 is 0 Å². The Kier molecular flexibility index (Phi) is 5.96. The molecular formula is C16H24O. The SMILES string of the molecule is CCCCC(CC)C(=O)Cc1cccc(C)c1. The summed E-state index contributed by atoms with van der Waals surface area (Å²) in [5.41, 5.74) is 2.39. The van der Waals surface area contributed by atoms with E-state index in [0.717, 1.165) is 24.8 Å². The second-order valence-electron chi connectivity index (χ2n) is 4.88. The van der Waals surface area contributed by atoms with Gasteiger partial charge in [0.1, 0.15) is 5.78 Å². The number of aryl methyl sites for hydroxylation is 1. The minimum Gasteiger partial charge on any atom is -0.299 e. The van der Waals surface area contributed by atoms with Gasteiger partial charge in [-0.2, -0.15) is 0 Å². The molecule has 0 bridgehead atoms. The molecule has 0 fully saturated rings. The highest BCUT2D eigenvalue weighted by Gasteiger charge is 2.15. The van der Waals surface area contributed by atoms with Gasteiger partial charge in [-0.1, -0.05) is 56.5 Å². The first-order chi connectivity index (χ1) is 8.17. The van der Waals surface area contributed by atoms with Crippen molar-refractivity contribution in [3.05, 3.63) is 35.4 Å². The van der Waals surface area contributed by atoms with Gasteiger partial charge in [-0.05, 0) is 25.3 Å². The lowest BCUT2D eigenvalue weighted by Crippen LogP contribution is -2.16. The average Bonchev–Trinajstić information content (AvgIpc) is 2.30. The summed E-state index contributed by atoms with van der Waals surface area (Å²) < 4.78 is 0. The number of hydrogen-bond donors (Lipinski definition) is 0. The highest BCUT2D eigenvalue weighted by Crippen LogP contribution is 2.16. The summed E-state index contributed by atoms with van der Waals surface area (Å²) in [6.07, 6.45) is 4.97. The van der Waals surface area contributed by atoms with Gasteiger partial charge in [0.15, 0.2) is 0 Å². The zero-order valence-corrected chi connectivity index (χ0v) is 11.3. The molecule has 0 saturated carbocycles. The molecule has 0 N–H and O–H groups in total. The van der Waals surface area contributed by atoms with Crippen molar-refractivity contribution in [2.45, 2.75) is 52.9 Å². The summed E-state index contributed by atoms with van der Waals surface area (Å²) in [6.45, 7) is 6.37. The molecule has 1 atom stereocenters. The van der Waals surface area contributed by atoms with Gasteiger partial charge in [-0.15, -0.1) is 0 Å². The average molecular weight is 232 g/mol. The van der Waals surface area contributed by atoms with Crippen molar-refractivity contribution in [1.82, 2.24) is 0 Å². The minimum atomic E-state index is 0.260. The second-order valence-corrected chi connectivity index (χ2v) is 4.88. The number of unbranched alkanes of at least 4 members (excludes halogenated alkanes) is 1. The summed E-state index contributed by atoms with van der Waals surface area (Å²) >= 11 is 0. The lowest BCUT2D eigenvalue weighted by Gasteiger charge is -2.13. The van der Waals surface area contributed by atoms with Crippen LogP contribution in [0.5, 0.6) is 0 Å². The number of carbonyl (C=O) groups excluding carboxylic acids is 1. The molecule has 1 nitrogen and oxygen atoms in total. The van der Waals surface area contributed by atoms with Crippen LogP contribution in [-0.2, 0) is 11.2 Å². The Morgan fingerprint density at radius 1 is 1.29 bits per heavy atom. The molecule has 1 unspecified atom stereocenters. The maximum atomic E-state index is 12.2. The van der Waals surface area contributed by atoms with Crippen molar-refractivity contribution >= 4 is 5.78 Å². The zero-order chi connectivity index (χ0) is 12.7. The van der Waals surface area contributed by atoms with Gasteiger partial charge in [0, 0.05) is 12.3 Å². The monoisotopic (exact) mass is 232 g/mol. The van der Waals surface area contributed by atoms with Crippen LogP contribution in [-0.4, -0.2) is 5.78 Å². The van der Waals surface area contributed by atoms with Gasteiger partial charge in [0.05, 0.1) is 0 Å². The molecule has 0 aliphatic heterocycles. The molecule has 0 aliphatic rings. The predicted octanol–water partition coefficient (Wildman–Crippen LogP) is 4.32. The van der Waals surface area contributed by atoms with E-state index >= 15 is 0 Å². The lowest BCUT2D eigenvalue weighted by atomic mass is 9.91. The van der Waals surface area contributed by atoms with Crippen LogP contribution in [0.1, 0.15) is 50.7 Å². The smallest absolute Gasteiger partial charge is 0.140 e. The molecule has 0 amide bonds. The highest BCUT2D eigenvalue weighted by atomic mass is 16.1. The number of ketones is 1. The number of benzene rings is 1. The Labute approximate surface area is 105 Å². The first kappa shape index (κ1) is 14.0. The molecule has 1 aromatic rings. The van der Waals surface area contributed by atoms with Crippen LogP contribution in [0.15, 0.2) is 24.3 Å². The third-order valence-electron chi connectivity index (χ3n) is 3.32. The summed E-state index contributed by atoms with van der Waals surface area (Å²) in [5.74, 6) is 0.669. The predicted molar refractivity (Wildman–Crippen MR) is 73.2 cm³/mol. The third-order valence-corrected chi connectivity index (χ3v) is 3.32. The summed E-state index contributed by atoms with van der Waals surface area (Å²) in [7, 11) is 0. The number of carbonyl (C=O) groups is 1. The largest absolute Gasteiger partial charge is 0.299 e. The Balaban J connectivity index is 2.57. The van der Waals surface area contributed by atoms with Crippen molar-refractivity contribution in [2.24, 2.45) is 5.92 Å². The van der Waals surface area contributed by atoms with Crippen LogP contribution in [0.3, 0.4) is 0 Å². The topological polar surface area (TPSA) is 17.1 Å². The van der Waals surface area contributed by atoms with Gasteiger partial charge in [0.25, 0.3) is 0 Å². The van der Waals surface area contributed by atoms with Gasteiger partial charge >= 0.3 is 0 Å². The maximum Gasteiger partial charge on any atom is 0.140 e. The molecule has 1 heteroatoms. The van der Waals surface area contributed by atoms with Crippen molar-refractivity contribution in [3.63, 3.8) is 0 Å². The molecule has 0 radical (unpaired) electrons. The van der Waals surface area contributed by atoms with E-state index in [1.807, 2.05) is 6.07 Å². The molecular weight excluding hydrogens is 208 g/mol. The lowest BCUT2D eigenvalue weighted by molar-refractivity contribution is -0.122. The van der Waals surface area contributed by atoms with Crippen molar-refractivity contribution in [3.8, 4) is 0 Å². The van der Waals surface area contributed by atoms with E-state index in [1.54, 1.807) is 0 Å². The Hall–Kier alpha value is -1.11. The Morgan fingerprint density at radius 3 is 2.65 bits per heavy atom. The van der Waals surface area contributed by atoms with Crippen LogP contribution < -0.4 is 0 Å². The molecule has 0 saturated heterocycles. The summed E-state index contributed by atoms with van der Waals surface area (Å²) in [4.78, 5) is 12.2. The third kappa shape index (κ3) is 4.72. The van der Waals surface area contributed by atoms with E-state index in [2.05, 4.69) is 39.0 Å². The van der Waals surface area contributed by atoms with Crippen LogP contribution in [0.25, 0.3) is 0 Å². The number of hydrogen-bond acceptors (Lipinski definition) is 1. The Bertz CT molecular complexity index is 354. The van der Waals surface area contributed by atoms with Crippen LogP contribution >= 0.6 is 0 Å². The maximum absolute atomic E-state index is 12.2. The van der Waals surface area contributed by atoms with E-state index in [9.17, 15) is 4.79 Å². The molecule has 1 aromatic carbocycles. The summed E-state index contributed by atoms with van der Waals surface area (Å²) in [6, 6.07) is 8.27. The van der Waals surface area contributed by atoms with Gasteiger partial charge in [-0.25, -0.2) is 0 Å². The van der Waals surface area contributed by atoms with Crippen molar-refractivity contribution in [1.29, 1.82) is 0 Å². The molecule has 94 valence electrons. The zero-order valence-electron chi connectivity index (χ0n) is 11.3. The normalized spacial score (nSPS) is 12.4. The standard InChI is InChI=1S/C16H24O/c1-4-6-10-15(5-2)16(17)12-14-9-7-8-13(3)11-14/h7-9,11,15H,4-6,10,12H2,1-3H3. The number of rotatable bonds is 7. The van der Waals surface area contributed by atoms with Gasteiger partial charge in [-0.3, -0.25) is 4.79 Å². The van der Waals surface area contributed by atoms with Crippen LogP contribution in [0.4, 0.5) is 0 Å². The van der Waals surface area contributed by atoms with Crippen LogP contribution in [0, 0.1) is 12.8 Å². The van der Waals surface area contributed by atoms with Crippen LogP contribution in [0.2, 0.25) is 0 Å². The first-order valence-electron chi connectivity index (χ1n) is 6.75. The van der Waals surface area contributed by atoms with Crippen molar-refractivity contribution < 1.29 is 4.79 Å². The fraction of sp³-hybridized carbons (Fsp3) is 0.562. The molecule has 1 rings (SSSR count). The second kappa shape index (κ2) is 7.26. The fourth-order valence-electron chi connectivity index (χ4n) is 2.21. The highest BCUT2D eigenvalue weighted by molar-refractivity contribution is 5.83. The minimum absolute atomic E-state index is 0.260. The summed E-state index contributed by atoms with van der Waals surface area (Å²) in [5, 5.41) is 0. The molecule has 17 heavy (non-hydrogen) atoms. The molecule has 0 aliphatic carbocycles. The molecule has 0 spiro atoms. The van der Waals surface area contributed by atoms with E-state index in [0.29, 0.717) is 12.2 Å². The van der Waals surface area contributed by atoms with Gasteiger partial charge in [0.2, 0.25) is 0 Å². The van der Waals surface area contributed by atoms with E-state index in [-0.39, 0.29) is 5.92 Å². The fourth-order valence-corrected chi connectivity index (χ4v) is 2.21. The Morgan fingerprint density at radius 2 is 2.06 bits per heavy atom. The van der Waals surface area contributed by atoms with E-state index in [4.69, 9.17) is 0 Å². The van der Waals surface area contributed by atoms with Crippen molar-refractivity contribution in [2.75, 3.05) is 0 Å².